The number of rotatable bonds is 2. The van der Waals surface area contributed by atoms with E-state index in [0.717, 1.165) is 6.42 Å². The van der Waals surface area contributed by atoms with Crippen LogP contribution in [0.2, 0.25) is 0 Å². The third-order valence-electron chi connectivity index (χ3n) is 3.40. The van der Waals surface area contributed by atoms with E-state index in [1.807, 2.05) is 0 Å². The summed E-state index contributed by atoms with van der Waals surface area (Å²) in [5.74, 6) is 0. The molecule has 2 rings (SSSR count). The molecule has 1 fully saturated rings. The van der Waals surface area contributed by atoms with Crippen LogP contribution in [-0.2, 0) is 0 Å². The van der Waals surface area contributed by atoms with Crippen LogP contribution in [0.25, 0.3) is 0 Å². The molecular weight excluding hydrogens is 184 g/mol. The molecule has 0 heterocycles. The number of nitrogens with zero attached hydrogens (tertiary/aromatic N) is 1. The molecule has 1 saturated carbocycles. The minimum absolute atomic E-state index is 0.398. The molecule has 2 atom stereocenters. The molecule has 0 aromatic heterocycles. The molecule has 0 amide bonds. The SMILES string of the molecule is CN(c1ccccc1)C1CCCC(N)C1. The van der Waals surface area contributed by atoms with Crippen LogP contribution in [0.5, 0.6) is 0 Å². The van der Waals surface area contributed by atoms with Gasteiger partial charge in [-0.05, 0) is 37.8 Å². The maximum Gasteiger partial charge on any atom is 0.0366 e. The number of para-hydroxylation sites is 1. The van der Waals surface area contributed by atoms with Crippen molar-refractivity contribution in [1.82, 2.24) is 0 Å². The lowest BCUT2D eigenvalue weighted by Gasteiger charge is -2.35. The minimum atomic E-state index is 0.398. The van der Waals surface area contributed by atoms with Gasteiger partial charge in [0.25, 0.3) is 0 Å². The molecule has 0 aliphatic heterocycles. The zero-order valence-corrected chi connectivity index (χ0v) is 9.39. The second-order valence-corrected chi connectivity index (χ2v) is 4.53. The van der Waals surface area contributed by atoms with Crippen molar-refractivity contribution in [1.29, 1.82) is 0 Å². The van der Waals surface area contributed by atoms with Crippen LogP contribution in [-0.4, -0.2) is 19.1 Å². The van der Waals surface area contributed by atoms with Crippen molar-refractivity contribution in [3.8, 4) is 0 Å². The number of nitrogens with two attached hydrogens (primary N) is 1. The fourth-order valence-corrected chi connectivity index (χ4v) is 2.43. The Hall–Kier alpha value is -1.02. The van der Waals surface area contributed by atoms with E-state index in [1.165, 1.54) is 24.9 Å². The van der Waals surface area contributed by atoms with Gasteiger partial charge in [-0.3, -0.25) is 0 Å². The lowest BCUT2D eigenvalue weighted by atomic mass is 9.90. The lowest BCUT2D eigenvalue weighted by molar-refractivity contribution is 0.382. The summed E-state index contributed by atoms with van der Waals surface area (Å²) < 4.78 is 0. The van der Waals surface area contributed by atoms with Crippen molar-refractivity contribution in [2.75, 3.05) is 11.9 Å². The van der Waals surface area contributed by atoms with Crippen molar-refractivity contribution in [2.24, 2.45) is 5.73 Å². The van der Waals surface area contributed by atoms with E-state index in [1.54, 1.807) is 0 Å². The number of anilines is 1. The molecule has 0 spiro atoms. The summed E-state index contributed by atoms with van der Waals surface area (Å²) in [6.07, 6.45) is 4.87. The minimum Gasteiger partial charge on any atom is -0.372 e. The summed E-state index contributed by atoms with van der Waals surface area (Å²) in [6.45, 7) is 0. The third-order valence-corrected chi connectivity index (χ3v) is 3.40. The van der Waals surface area contributed by atoms with Crippen LogP contribution in [0.4, 0.5) is 5.69 Å². The smallest absolute Gasteiger partial charge is 0.0366 e. The monoisotopic (exact) mass is 204 g/mol. The zero-order valence-electron chi connectivity index (χ0n) is 9.39. The molecule has 82 valence electrons. The van der Waals surface area contributed by atoms with Crippen LogP contribution in [0, 0.1) is 0 Å². The van der Waals surface area contributed by atoms with E-state index < -0.39 is 0 Å². The average molecular weight is 204 g/mol. The van der Waals surface area contributed by atoms with E-state index in [0.29, 0.717) is 12.1 Å². The molecule has 1 aliphatic carbocycles. The van der Waals surface area contributed by atoms with Gasteiger partial charge in [0.1, 0.15) is 0 Å². The van der Waals surface area contributed by atoms with Gasteiger partial charge >= 0.3 is 0 Å². The Morgan fingerprint density at radius 2 is 1.93 bits per heavy atom. The molecule has 2 unspecified atom stereocenters. The first-order valence-corrected chi connectivity index (χ1v) is 5.81. The molecule has 0 saturated heterocycles. The van der Waals surface area contributed by atoms with Crippen molar-refractivity contribution in [2.45, 2.75) is 37.8 Å². The van der Waals surface area contributed by atoms with Crippen molar-refractivity contribution < 1.29 is 0 Å². The molecule has 1 aromatic carbocycles. The van der Waals surface area contributed by atoms with Crippen LogP contribution >= 0.6 is 0 Å². The van der Waals surface area contributed by atoms with Crippen LogP contribution in [0.15, 0.2) is 30.3 Å². The molecule has 2 nitrogen and oxygen atoms in total. The fraction of sp³-hybridized carbons (Fsp3) is 0.538. The van der Waals surface area contributed by atoms with Gasteiger partial charge in [0, 0.05) is 24.8 Å². The van der Waals surface area contributed by atoms with E-state index >= 15 is 0 Å². The maximum atomic E-state index is 6.01. The summed E-state index contributed by atoms with van der Waals surface area (Å²) in [6, 6.07) is 11.6. The quantitative estimate of drug-likeness (QED) is 0.801. The van der Waals surface area contributed by atoms with Gasteiger partial charge in [-0.25, -0.2) is 0 Å². The topological polar surface area (TPSA) is 29.3 Å². The third kappa shape index (κ3) is 2.51. The van der Waals surface area contributed by atoms with E-state index in [4.69, 9.17) is 5.73 Å². The Labute approximate surface area is 92.1 Å². The predicted molar refractivity (Wildman–Crippen MR) is 65.1 cm³/mol. The first-order chi connectivity index (χ1) is 7.27. The summed E-state index contributed by atoms with van der Waals surface area (Å²) in [5, 5.41) is 0. The van der Waals surface area contributed by atoms with Crippen molar-refractivity contribution in [3.63, 3.8) is 0 Å². The van der Waals surface area contributed by atoms with Gasteiger partial charge in [-0.2, -0.15) is 0 Å². The molecule has 0 bridgehead atoms. The number of benzene rings is 1. The molecule has 15 heavy (non-hydrogen) atoms. The molecule has 1 aliphatic rings. The molecular formula is C13H20N2. The normalized spacial score (nSPS) is 26.3. The van der Waals surface area contributed by atoms with Crippen molar-refractivity contribution in [3.05, 3.63) is 30.3 Å². The summed E-state index contributed by atoms with van der Waals surface area (Å²) >= 11 is 0. The first-order valence-electron chi connectivity index (χ1n) is 5.81. The van der Waals surface area contributed by atoms with Gasteiger partial charge < -0.3 is 10.6 Å². The Morgan fingerprint density at radius 3 is 2.60 bits per heavy atom. The largest absolute Gasteiger partial charge is 0.372 e. The molecule has 2 heteroatoms. The summed E-state index contributed by atoms with van der Waals surface area (Å²) in [5.41, 5.74) is 7.32. The Bertz CT molecular complexity index is 297. The Kier molecular flexibility index (Phi) is 3.27. The highest BCUT2D eigenvalue weighted by molar-refractivity contribution is 5.46. The van der Waals surface area contributed by atoms with Crippen LogP contribution < -0.4 is 10.6 Å². The molecule has 0 radical (unpaired) electrons. The average Bonchev–Trinajstić information content (AvgIpc) is 2.29. The van der Waals surface area contributed by atoms with Crippen LogP contribution in [0.1, 0.15) is 25.7 Å². The van der Waals surface area contributed by atoms with E-state index in [2.05, 4.69) is 42.3 Å². The summed E-state index contributed by atoms with van der Waals surface area (Å²) in [4.78, 5) is 2.37. The van der Waals surface area contributed by atoms with Gasteiger partial charge in [-0.15, -0.1) is 0 Å². The highest BCUT2D eigenvalue weighted by atomic mass is 15.1. The van der Waals surface area contributed by atoms with E-state index in [9.17, 15) is 0 Å². The second kappa shape index (κ2) is 4.67. The highest BCUT2D eigenvalue weighted by Crippen LogP contribution is 2.25. The Balaban J connectivity index is 2.04. The Morgan fingerprint density at radius 1 is 1.20 bits per heavy atom. The summed E-state index contributed by atoms with van der Waals surface area (Å²) in [7, 11) is 2.18. The highest BCUT2D eigenvalue weighted by Gasteiger charge is 2.22. The molecule has 2 N–H and O–H groups in total. The van der Waals surface area contributed by atoms with Gasteiger partial charge in [0.15, 0.2) is 0 Å². The predicted octanol–water partition coefficient (Wildman–Crippen LogP) is 2.39. The molecule has 1 aromatic rings. The standard InChI is InChI=1S/C13H20N2/c1-15(12-7-3-2-4-8-12)13-9-5-6-11(14)10-13/h2-4,7-8,11,13H,5-6,9-10,14H2,1H3. The van der Waals surface area contributed by atoms with E-state index in [-0.39, 0.29) is 0 Å². The second-order valence-electron chi connectivity index (χ2n) is 4.53. The number of hydrogen-bond acceptors (Lipinski definition) is 2. The first kappa shape index (κ1) is 10.5. The number of hydrogen-bond donors (Lipinski definition) is 1. The fourth-order valence-electron chi connectivity index (χ4n) is 2.43. The zero-order chi connectivity index (χ0) is 10.7. The van der Waals surface area contributed by atoms with Crippen LogP contribution in [0.3, 0.4) is 0 Å². The van der Waals surface area contributed by atoms with Crippen molar-refractivity contribution >= 4 is 5.69 Å². The lowest BCUT2D eigenvalue weighted by Crippen LogP contribution is -2.40. The van der Waals surface area contributed by atoms with Gasteiger partial charge in [0.2, 0.25) is 0 Å². The van der Waals surface area contributed by atoms with Gasteiger partial charge in [-0.1, -0.05) is 18.2 Å². The maximum absolute atomic E-state index is 6.01. The van der Waals surface area contributed by atoms with Gasteiger partial charge in [0.05, 0.1) is 0 Å².